The van der Waals surface area contributed by atoms with Crippen LogP contribution in [0.1, 0.15) is 12.5 Å². The Kier molecular flexibility index (Phi) is 6.19. The van der Waals surface area contributed by atoms with Crippen LogP contribution in [-0.2, 0) is 11.3 Å². The van der Waals surface area contributed by atoms with Crippen LogP contribution in [0.5, 0.6) is 5.75 Å². The number of ether oxygens (including phenoxy) is 1. The van der Waals surface area contributed by atoms with Crippen molar-refractivity contribution in [2.24, 2.45) is 0 Å². The van der Waals surface area contributed by atoms with E-state index in [1.165, 1.54) is 12.1 Å². The molecular formula is C20H23ClFN3O2. The molecule has 1 atom stereocenters. The van der Waals surface area contributed by atoms with Crippen LogP contribution < -0.4 is 10.5 Å². The second-order valence-electron chi connectivity index (χ2n) is 6.77. The summed E-state index contributed by atoms with van der Waals surface area (Å²) in [5.41, 5.74) is 7.23. The molecule has 144 valence electrons. The molecule has 1 heterocycles. The molecule has 27 heavy (non-hydrogen) atoms. The van der Waals surface area contributed by atoms with Gasteiger partial charge in [-0.3, -0.25) is 9.69 Å². The summed E-state index contributed by atoms with van der Waals surface area (Å²) in [6.07, 6.45) is 0. The van der Waals surface area contributed by atoms with Gasteiger partial charge in [-0.2, -0.15) is 0 Å². The van der Waals surface area contributed by atoms with Gasteiger partial charge in [0.15, 0.2) is 6.61 Å². The lowest BCUT2D eigenvalue weighted by Crippen LogP contribution is -2.54. The van der Waals surface area contributed by atoms with E-state index in [0.29, 0.717) is 23.0 Å². The normalized spacial score (nSPS) is 17.7. The number of hydrogen-bond donors (Lipinski definition) is 1. The molecule has 1 saturated heterocycles. The number of amides is 1. The Labute approximate surface area is 163 Å². The zero-order valence-electron chi connectivity index (χ0n) is 15.2. The second-order valence-corrected chi connectivity index (χ2v) is 7.18. The van der Waals surface area contributed by atoms with Crippen LogP contribution in [0.2, 0.25) is 5.02 Å². The van der Waals surface area contributed by atoms with Gasteiger partial charge in [-0.25, -0.2) is 4.39 Å². The van der Waals surface area contributed by atoms with Crippen molar-refractivity contribution >= 4 is 23.2 Å². The van der Waals surface area contributed by atoms with E-state index in [4.69, 9.17) is 22.1 Å². The topological polar surface area (TPSA) is 58.8 Å². The maximum atomic E-state index is 13.0. The highest BCUT2D eigenvalue weighted by Gasteiger charge is 2.27. The fourth-order valence-corrected chi connectivity index (χ4v) is 3.35. The van der Waals surface area contributed by atoms with Crippen LogP contribution >= 0.6 is 11.6 Å². The van der Waals surface area contributed by atoms with Crippen LogP contribution in [0, 0.1) is 5.82 Å². The molecule has 1 fully saturated rings. The van der Waals surface area contributed by atoms with Crippen LogP contribution in [-0.4, -0.2) is 48.0 Å². The number of piperazine rings is 1. The van der Waals surface area contributed by atoms with E-state index in [9.17, 15) is 9.18 Å². The predicted molar refractivity (Wildman–Crippen MR) is 104 cm³/mol. The van der Waals surface area contributed by atoms with Crippen molar-refractivity contribution in [2.45, 2.75) is 19.5 Å². The van der Waals surface area contributed by atoms with Crippen molar-refractivity contribution in [1.82, 2.24) is 9.80 Å². The molecule has 7 heteroatoms. The zero-order valence-corrected chi connectivity index (χ0v) is 16.0. The molecule has 1 aliphatic heterocycles. The van der Waals surface area contributed by atoms with Gasteiger partial charge in [0.2, 0.25) is 0 Å². The summed E-state index contributed by atoms with van der Waals surface area (Å²) in [6, 6.07) is 11.6. The lowest BCUT2D eigenvalue weighted by molar-refractivity contribution is -0.138. The Balaban J connectivity index is 1.50. The van der Waals surface area contributed by atoms with E-state index in [2.05, 4.69) is 4.90 Å². The first-order valence-corrected chi connectivity index (χ1v) is 9.24. The van der Waals surface area contributed by atoms with E-state index in [1.807, 2.05) is 11.8 Å². The van der Waals surface area contributed by atoms with E-state index in [-0.39, 0.29) is 24.4 Å². The Bertz CT molecular complexity index is 800. The van der Waals surface area contributed by atoms with Gasteiger partial charge in [-0.05, 0) is 36.8 Å². The fraction of sp³-hybridized carbons (Fsp3) is 0.350. The maximum absolute atomic E-state index is 13.0. The van der Waals surface area contributed by atoms with Gasteiger partial charge < -0.3 is 15.4 Å². The average Bonchev–Trinajstić information content (AvgIpc) is 2.64. The minimum atomic E-state index is -0.232. The van der Waals surface area contributed by atoms with Gasteiger partial charge in [0, 0.05) is 38.3 Å². The van der Waals surface area contributed by atoms with Gasteiger partial charge in [-0.1, -0.05) is 23.7 Å². The highest BCUT2D eigenvalue weighted by Crippen LogP contribution is 2.24. The molecule has 0 radical (unpaired) electrons. The summed E-state index contributed by atoms with van der Waals surface area (Å²) in [7, 11) is 0. The number of benzene rings is 2. The van der Waals surface area contributed by atoms with E-state index < -0.39 is 0 Å². The number of anilines is 1. The number of halogens is 2. The monoisotopic (exact) mass is 391 g/mol. The highest BCUT2D eigenvalue weighted by molar-refractivity contribution is 6.33. The molecule has 5 nitrogen and oxygen atoms in total. The number of carbonyl (C=O) groups excluding carboxylic acids is 1. The first kappa shape index (κ1) is 19.5. The van der Waals surface area contributed by atoms with Crippen molar-refractivity contribution in [3.05, 3.63) is 58.9 Å². The third-order valence-corrected chi connectivity index (χ3v) is 5.03. The number of nitrogens with zero attached hydrogens (tertiary/aromatic N) is 2. The lowest BCUT2D eigenvalue weighted by Gasteiger charge is -2.39. The van der Waals surface area contributed by atoms with Crippen molar-refractivity contribution in [1.29, 1.82) is 0 Å². The van der Waals surface area contributed by atoms with Crippen molar-refractivity contribution in [3.8, 4) is 5.75 Å². The van der Waals surface area contributed by atoms with E-state index >= 15 is 0 Å². The van der Waals surface area contributed by atoms with Crippen molar-refractivity contribution in [3.63, 3.8) is 0 Å². The summed E-state index contributed by atoms with van der Waals surface area (Å²) in [5, 5.41) is 0.458. The highest BCUT2D eigenvalue weighted by atomic mass is 35.5. The van der Waals surface area contributed by atoms with Crippen LogP contribution in [0.25, 0.3) is 0 Å². The number of carbonyl (C=O) groups is 1. The maximum Gasteiger partial charge on any atom is 0.260 e. The molecule has 1 aliphatic rings. The fourth-order valence-electron chi connectivity index (χ4n) is 3.23. The van der Waals surface area contributed by atoms with Gasteiger partial charge in [0.25, 0.3) is 5.91 Å². The number of nitrogens with two attached hydrogens (primary N) is 1. The molecule has 1 amide bonds. The average molecular weight is 392 g/mol. The first-order chi connectivity index (χ1) is 12.9. The number of nitrogen functional groups attached to an aromatic ring is 1. The third-order valence-electron chi connectivity index (χ3n) is 4.68. The second kappa shape index (κ2) is 8.59. The van der Waals surface area contributed by atoms with Crippen molar-refractivity contribution < 1.29 is 13.9 Å². The lowest BCUT2D eigenvalue weighted by atomic mass is 10.1. The summed E-state index contributed by atoms with van der Waals surface area (Å²) in [6.45, 7) is 4.89. The minimum Gasteiger partial charge on any atom is -0.484 e. The number of rotatable bonds is 5. The molecule has 0 aromatic heterocycles. The molecule has 1 unspecified atom stereocenters. The molecule has 0 bridgehead atoms. The molecule has 0 spiro atoms. The third kappa shape index (κ3) is 5.11. The Morgan fingerprint density at radius 1 is 1.26 bits per heavy atom. The SMILES string of the molecule is CC1CN(Cc2ccc(F)cc2)CCN1C(=O)COc1ccc(Cl)c(N)c1. The standard InChI is InChI=1S/C20H23ClFN3O2/c1-14-11-24(12-15-2-4-16(22)5-3-15)8-9-25(14)20(26)13-27-17-6-7-18(21)19(23)10-17/h2-7,10,14H,8-9,11-13,23H2,1H3. The van der Waals surface area contributed by atoms with Crippen LogP contribution in [0.3, 0.4) is 0 Å². The summed E-state index contributed by atoms with van der Waals surface area (Å²) < 4.78 is 18.6. The minimum absolute atomic E-state index is 0.0383. The van der Waals surface area contributed by atoms with Crippen LogP contribution in [0.15, 0.2) is 42.5 Å². The molecule has 2 N–H and O–H groups in total. The van der Waals surface area contributed by atoms with Gasteiger partial charge >= 0.3 is 0 Å². The summed E-state index contributed by atoms with van der Waals surface area (Å²) >= 11 is 5.88. The molecule has 0 aliphatic carbocycles. The van der Waals surface area contributed by atoms with Gasteiger partial charge in [0.1, 0.15) is 11.6 Å². The smallest absolute Gasteiger partial charge is 0.260 e. The van der Waals surface area contributed by atoms with E-state index in [1.54, 1.807) is 30.3 Å². The van der Waals surface area contributed by atoms with Crippen molar-refractivity contribution in [2.75, 3.05) is 32.0 Å². The Morgan fingerprint density at radius 2 is 2.00 bits per heavy atom. The van der Waals surface area contributed by atoms with Gasteiger partial charge in [0.05, 0.1) is 10.7 Å². The van der Waals surface area contributed by atoms with E-state index in [0.717, 1.165) is 25.2 Å². The quantitative estimate of drug-likeness (QED) is 0.795. The van der Waals surface area contributed by atoms with Crippen LogP contribution in [0.4, 0.5) is 10.1 Å². The zero-order chi connectivity index (χ0) is 19.4. The molecular weight excluding hydrogens is 369 g/mol. The largest absolute Gasteiger partial charge is 0.484 e. The molecule has 2 aromatic rings. The molecule has 0 saturated carbocycles. The number of hydrogen-bond acceptors (Lipinski definition) is 4. The Hall–Kier alpha value is -2.31. The molecule has 2 aromatic carbocycles. The summed E-state index contributed by atoms with van der Waals surface area (Å²) in [5.74, 6) is 0.232. The molecule has 3 rings (SSSR count). The first-order valence-electron chi connectivity index (χ1n) is 8.86. The van der Waals surface area contributed by atoms with Gasteiger partial charge in [-0.15, -0.1) is 0 Å². The predicted octanol–water partition coefficient (Wildman–Crippen LogP) is 3.17. The summed E-state index contributed by atoms with van der Waals surface area (Å²) in [4.78, 5) is 16.6. The Morgan fingerprint density at radius 3 is 2.67 bits per heavy atom.